The van der Waals surface area contributed by atoms with Crippen LogP contribution in [-0.2, 0) is 6.42 Å². The second-order valence-electron chi connectivity index (χ2n) is 5.03. The van der Waals surface area contributed by atoms with Crippen molar-refractivity contribution in [1.82, 2.24) is 14.7 Å². The second-order valence-corrected chi connectivity index (χ2v) is 5.43. The zero-order valence-electron chi connectivity index (χ0n) is 12.6. The fraction of sp³-hybridized carbons (Fsp3) is 0.176. The van der Waals surface area contributed by atoms with Gasteiger partial charge in [-0.05, 0) is 24.3 Å². The van der Waals surface area contributed by atoms with E-state index in [1.807, 2.05) is 28.9 Å². The van der Waals surface area contributed by atoms with Crippen LogP contribution in [0.2, 0.25) is 5.02 Å². The Morgan fingerprint density at radius 1 is 1.30 bits per heavy atom. The van der Waals surface area contributed by atoms with Gasteiger partial charge in [-0.15, -0.1) is 0 Å². The predicted molar refractivity (Wildman–Crippen MR) is 89.2 cm³/mol. The van der Waals surface area contributed by atoms with Gasteiger partial charge in [0.2, 0.25) is 0 Å². The minimum Gasteiger partial charge on any atom is -0.493 e. The van der Waals surface area contributed by atoms with Gasteiger partial charge in [0.1, 0.15) is 0 Å². The van der Waals surface area contributed by atoms with Gasteiger partial charge in [-0.25, -0.2) is 4.98 Å². The Morgan fingerprint density at radius 3 is 2.91 bits per heavy atom. The van der Waals surface area contributed by atoms with Gasteiger partial charge in [0.05, 0.1) is 23.4 Å². The molecule has 0 radical (unpaired) electrons. The van der Waals surface area contributed by atoms with Crippen LogP contribution in [-0.4, -0.2) is 28.9 Å². The average molecular weight is 330 g/mol. The van der Waals surface area contributed by atoms with Crippen LogP contribution < -0.4 is 10.1 Å². The molecule has 3 aromatic rings. The summed E-state index contributed by atoms with van der Waals surface area (Å²) in [4.78, 5) is 16.6. The van der Waals surface area contributed by atoms with Crippen LogP contribution >= 0.6 is 11.6 Å². The Kier molecular flexibility index (Phi) is 4.48. The highest BCUT2D eigenvalue weighted by Crippen LogP contribution is 2.18. The normalized spacial score (nSPS) is 10.7. The molecule has 23 heavy (non-hydrogen) atoms. The number of carbonyl (C=O) groups excluding carboxylic acids is 1. The van der Waals surface area contributed by atoms with Gasteiger partial charge in [0.15, 0.2) is 11.4 Å². The fourth-order valence-corrected chi connectivity index (χ4v) is 2.58. The van der Waals surface area contributed by atoms with E-state index in [0.717, 1.165) is 17.1 Å². The number of halogens is 1. The first-order valence-corrected chi connectivity index (χ1v) is 7.60. The number of aromatic nitrogens is 2. The molecule has 1 aromatic carbocycles. The van der Waals surface area contributed by atoms with E-state index in [-0.39, 0.29) is 5.91 Å². The molecule has 0 bridgehead atoms. The van der Waals surface area contributed by atoms with Crippen LogP contribution in [0.3, 0.4) is 0 Å². The van der Waals surface area contributed by atoms with Crippen LogP contribution in [0.4, 0.5) is 0 Å². The van der Waals surface area contributed by atoms with E-state index >= 15 is 0 Å². The molecule has 1 amide bonds. The predicted octanol–water partition coefficient (Wildman–Crippen LogP) is 2.97. The first-order chi connectivity index (χ1) is 11.2. The van der Waals surface area contributed by atoms with Gasteiger partial charge in [-0.3, -0.25) is 4.79 Å². The first-order valence-electron chi connectivity index (χ1n) is 7.22. The summed E-state index contributed by atoms with van der Waals surface area (Å²) >= 11 is 6.01. The number of pyridine rings is 1. The Hall–Kier alpha value is -2.53. The van der Waals surface area contributed by atoms with Crippen LogP contribution in [0, 0.1) is 0 Å². The standard InChI is InChI=1S/C17H16ClN3O2/c1-23-15-7-4-10-21-11-12(20-16(15)21)8-9-19-17(22)13-5-2-3-6-14(13)18/h2-7,10-11H,8-9H2,1H3,(H,19,22). The summed E-state index contributed by atoms with van der Waals surface area (Å²) in [6.07, 6.45) is 4.47. The van der Waals surface area contributed by atoms with Crippen LogP contribution in [0.15, 0.2) is 48.8 Å². The van der Waals surface area contributed by atoms with E-state index < -0.39 is 0 Å². The summed E-state index contributed by atoms with van der Waals surface area (Å²) in [6, 6.07) is 10.7. The molecule has 0 aliphatic rings. The number of fused-ring (bicyclic) bond motifs is 1. The molecule has 118 valence electrons. The van der Waals surface area contributed by atoms with Crippen molar-refractivity contribution < 1.29 is 9.53 Å². The highest BCUT2D eigenvalue weighted by molar-refractivity contribution is 6.33. The maximum absolute atomic E-state index is 12.1. The maximum Gasteiger partial charge on any atom is 0.252 e. The molecule has 3 rings (SSSR count). The smallest absolute Gasteiger partial charge is 0.252 e. The summed E-state index contributed by atoms with van der Waals surface area (Å²) in [5.74, 6) is 0.538. The molecule has 0 aliphatic carbocycles. The average Bonchev–Trinajstić information content (AvgIpc) is 2.97. The molecule has 0 spiro atoms. The molecular weight excluding hydrogens is 314 g/mol. The number of nitrogens with zero attached hydrogens (tertiary/aromatic N) is 2. The zero-order valence-corrected chi connectivity index (χ0v) is 13.4. The Bertz CT molecular complexity index is 845. The summed E-state index contributed by atoms with van der Waals surface area (Å²) in [7, 11) is 1.62. The van der Waals surface area contributed by atoms with Crippen LogP contribution in [0.25, 0.3) is 5.65 Å². The number of carbonyl (C=O) groups is 1. The number of imidazole rings is 1. The number of hydrogen-bond donors (Lipinski definition) is 1. The Balaban J connectivity index is 1.65. The third kappa shape index (κ3) is 3.29. The van der Waals surface area contributed by atoms with E-state index in [4.69, 9.17) is 16.3 Å². The van der Waals surface area contributed by atoms with Gasteiger partial charge >= 0.3 is 0 Å². The van der Waals surface area contributed by atoms with E-state index in [1.54, 1.807) is 31.4 Å². The summed E-state index contributed by atoms with van der Waals surface area (Å²) in [5, 5.41) is 3.30. The van der Waals surface area contributed by atoms with Gasteiger partial charge in [-0.2, -0.15) is 0 Å². The van der Waals surface area contributed by atoms with Crippen molar-refractivity contribution in [3.63, 3.8) is 0 Å². The lowest BCUT2D eigenvalue weighted by Crippen LogP contribution is -2.26. The summed E-state index contributed by atoms with van der Waals surface area (Å²) < 4.78 is 7.19. The van der Waals surface area contributed by atoms with Crippen molar-refractivity contribution in [1.29, 1.82) is 0 Å². The Morgan fingerprint density at radius 2 is 2.13 bits per heavy atom. The highest BCUT2D eigenvalue weighted by atomic mass is 35.5. The number of amides is 1. The van der Waals surface area contributed by atoms with Crippen molar-refractivity contribution in [2.45, 2.75) is 6.42 Å². The molecule has 0 fully saturated rings. The number of nitrogens with one attached hydrogen (secondary N) is 1. The number of ether oxygens (including phenoxy) is 1. The third-order valence-electron chi connectivity index (χ3n) is 3.50. The van der Waals surface area contributed by atoms with Gasteiger partial charge in [0, 0.05) is 25.4 Å². The summed E-state index contributed by atoms with van der Waals surface area (Å²) in [5.41, 5.74) is 2.13. The molecule has 0 saturated heterocycles. The van der Waals surface area contributed by atoms with E-state index in [0.29, 0.717) is 23.6 Å². The van der Waals surface area contributed by atoms with E-state index in [2.05, 4.69) is 10.3 Å². The number of hydrogen-bond acceptors (Lipinski definition) is 3. The topological polar surface area (TPSA) is 55.6 Å². The maximum atomic E-state index is 12.1. The van der Waals surface area contributed by atoms with Gasteiger partial charge in [0.25, 0.3) is 5.91 Å². The molecule has 2 heterocycles. The van der Waals surface area contributed by atoms with Crippen molar-refractivity contribution in [2.24, 2.45) is 0 Å². The molecule has 0 unspecified atom stereocenters. The van der Waals surface area contributed by atoms with Gasteiger partial charge < -0.3 is 14.5 Å². The molecule has 6 heteroatoms. The molecule has 5 nitrogen and oxygen atoms in total. The van der Waals surface area contributed by atoms with Gasteiger partial charge in [-0.1, -0.05) is 23.7 Å². The lowest BCUT2D eigenvalue weighted by atomic mass is 10.2. The van der Waals surface area contributed by atoms with E-state index in [1.165, 1.54) is 0 Å². The molecule has 0 aliphatic heterocycles. The van der Waals surface area contributed by atoms with Crippen molar-refractivity contribution in [3.05, 3.63) is 65.1 Å². The summed E-state index contributed by atoms with van der Waals surface area (Å²) in [6.45, 7) is 0.482. The molecule has 0 saturated carbocycles. The SMILES string of the molecule is COc1cccn2cc(CCNC(=O)c3ccccc3Cl)nc12. The number of methoxy groups -OCH3 is 1. The minimum atomic E-state index is -0.183. The lowest BCUT2D eigenvalue weighted by molar-refractivity contribution is 0.0954. The highest BCUT2D eigenvalue weighted by Gasteiger charge is 2.10. The number of rotatable bonds is 5. The quantitative estimate of drug-likeness (QED) is 0.783. The molecule has 1 N–H and O–H groups in total. The van der Waals surface area contributed by atoms with Crippen molar-refractivity contribution in [3.8, 4) is 5.75 Å². The lowest BCUT2D eigenvalue weighted by Gasteiger charge is -2.05. The third-order valence-corrected chi connectivity index (χ3v) is 3.83. The Labute approximate surface area is 138 Å². The molecule has 2 aromatic heterocycles. The molecule has 0 atom stereocenters. The van der Waals surface area contributed by atoms with E-state index in [9.17, 15) is 4.79 Å². The number of benzene rings is 1. The van der Waals surface area contributed by atoms with Crippen molar-refractivity contribution in [2.75, 3.05) is 13.7 Å². The van der Waals surface area contributed by atoms with Crippen LogP contribution in [0.1, 0.15) is 16.1 Å². The van der Waals surface area contributed by atoms with Crippen molar-refractivity contribution >= 4 is 23.2 Å². The first kappa shape index (κ1) is 15.4. The monoisotopic (exact) mass is 329 g/mol. The largest absolute Gasteiger partial charge is 0.493 e. The molecular formula is C17H16ClN3O2. The zero-order chi connectivity index (χ0) is 16.2. The van der Waals surface area contributed by atoms with Crippen LogP contribution in [0.5, 0.6) is 5.75 Å². The fourth-order valence-electron chi connectivity index (χ4n) is 2.36. The minimum absolute atomic E-state index is 0.183. The second kappa shape index (κ2) is 6.71.